The number of carbonyl (C=O) groups is 1. The highest BCUT2D eigenvalue weighted by Gasteiger charge is 2.28. The molecule has 7 heteroatoms. The van der Waals surface area contributed by atoms with Gasteiger partial charge in [0.15, 0.2) is 0 Å². The van der Waals surface area contributed by atoms with E-state index in [0.29, 0.717) is 24.8 Å². The van der Waals surface area contributed by atoms with Crippen LogP contribution in [0.3, 0.4) is 0 Å². The second-order valence-electron chi connectivity index (χ2n) is 7.66. The molecule has 1 aliphatic heterocycles. The van der Waals surface area contributed by atoms with E-state index in [4.69, 9.17) is 4.52 Å². The zero-order valence-electron chi connectivity index (χ0n) is 16.3. The molecule has 1 amide bonds. The second-order valence-corrected chi connectivity index (χ2v) is 7.66. The first-order valence-corrected chi connectivity index (χ1v) is 10.1. The lowest BCUT2D eigenvalue weighted by molar-refractivity contribution is -0.131. The lowest BCUT2D eigenvalue weighted by Gasteiger charge is -2.30. The molecule has 152 valence electrons. The minimum Gasteiger partial charge on any atom is -0.361 e. The van der Waals surface area contributed by atoms with Gasteiger partial charge in [-0.15, -0.1) is 0 Å². The molecule has 0 radical (unpaired) electrons. The molecule has 1 fully saturated rings. The first-order chi connectivity index (χ1) is 14.7. The third-order valence-corrected chi connectivity index (χ3v) is 5.74. The number of rotatable bonds is 4. The van der Waals surface area contributed by atoms with Crippen LogP contribution in [0.25, 0.3) is 22.3 Å². The van der Waals surface area contributed by atoms with Crippen molar-refractivity contribution < 1.29 is 13.7 Å². The van der Waals surface area contributed by atoms with Crippen LogP contribution in [0.1, 0.15) is 30.2 Å². The molecule has 5 rings (SSSR count). The standard InChI is InChI=1S/C23H21FN4O2/c24-18-6-7-20-19(13-18)17(14-25-20)12-21(29)28-10-8-16(9-11-28)23-26-22(27-30-23)15-4-2-1-3-5-15/h1-7,13-14,16,25H,8-12H2. The fourth-order valence-electron chi connectivity index (χ4n) is 4.05. The molecule has 0 saturated carbocycles. The molecular weight excluding hydrogens is 383 g/mol. The number of aromatic amines is 1. The minimum absolute atomic E-state index is 0.0501. The van der Waals surface area contributed by atoms with Crippen molar-refractivity contribution in [1.29, 1.82) is 0 Å². The molecule has 4 aromatic rings. The maximum Gasteiger partial charge on any atom is 0.230 e. The van der Waals surface area contributed by atoms with Crippen LogP contribution in [0.5, 0.6) is 0 Å². The van der Waals surface area contributed by atoms with Crippen LogP contribution in [0.15, 0.2) is 59.3 Å². The maximum atomic E-state index is 13.6. The van der Waals surface area contributed by atoms with Crippen LogP contribution in [-0.4, -0.2) is 39.0 Å². The SMILES string of the molecule is O=C(Cc1c[nH]c2ccc(F)cc12)N1CCC(c2nc(-c3ccccc3)no2)CC1. The van der Waals surface area contributed by atoms with Gasteiger partial charge in [0.05, 0.1) is 6.42 Å². The number of likely N-dealkylation sites (tertiary alicyclic amines) is 1. The van der Waals surface area contributed by atoms with Gasteiger partial charge < -0.3 is 14.4 Å². The average Bonchev–Trinajstić information content (AvgIpc) is 3.42. The predicted octanol–water partition coefficient (Wildman–Crippen LogP) is 4.31. The molecule has 0 aliphatic carbocycles. The number of fused-ring (bicyclic) bond motifs is 1. The molecule has 0 spiro atoms. The largest absolute Gasteiger partial charge is 0.361 e. The average molecular weight is 404 g/mol. The maximum absolute atomic E-state index is 13.6. The lowest BCUT2D eigenvalue weighted by atomic mass is 9.96. The zero-order chi connectivity index (χ0) is 20.5. The van der Waals surface area contributed by atoms with Crippen molar-refractivity contribution in [3.63, 3.8) is 0 Å². The number of hydrogen-bond acceptors (Lipinski definition) is 4. The molecule has 1 aliphatic rings. The predicted molar refractivity (Wildman–Crippen MR) is 110 cm³/mol. The van der Waals surface area contributed by atoms with Crippen LogP contribution in [-0.2, 0) is 11.2 Å². The van der Waals surface area contributed by atoms with E-state index < -0.39 is 0 Å². The van der Waals surface area contributed by atoms with Crippen molar-refractivity contribution in [1.82, 2.24) is 20.0 Å². The van der Waals surface area contributed by atoms with Gasteiger partial charge in [-0.05, 0) is 36.6 Å². The number of halogens is 1. The third kappa shape index (κ3) is 3.58. The number of benzene rings is 2. The molecule has 30 heavy (non-hydrogen) atoms. The molecule has 0 bridgehead atoms. The Morgan fingerprint density at radius 3 is 2.77 bits per heavy atom. The fraction of sp³-hybridized carbons (Fsp3) is 0.261. The summed E-state index contributed by atoms with van der Waals surface area (Å²) in [6.45, 7) is 1.28. The quantitative estimate of drug-likeness (QED) is 0.550. The van der Waals surface area contributed by atoms with Crippen molar-refractivity contribution in [2.45, 2.75) is 25.2 Å². The zero-order valence-corrected chi connectivity index (χ0v) is 16.3. The van der Waals surface area contributed by atoms with Gasteiger partial charge >= 0.3 is 0 Å². The summed E-state index contributed by atoms with van der Waals surface area (Å²) in [6.07, 6.45) is 3.61. The van der Waals surface area contributed by atoms with Crippen LogP contribution >= 0.6 is 0 Å². The van der Waals surface area contributed by atoms with Crippen molar-refractivity contribution in [2.75, 3.05) is 13.1 Å². The molecular formula is C23H21FN4O2. The van der Waals surface area contributed by atoms with Gasteiger partial charge in [-0.2, -0.15) is 4.98 Å². The molecule has 1 saturated heterocycles. The van der Waals surface area contributed by atoms with Gasteiger partial charge in [0.25, 0.3) is 0 Å². The number of amides is 1. The Hall–Kier alpha value is -3.48. The summed E-state index contributed by atoms with van der Waals surface area (Å²) < 4.78 is 19.1. The Balaban J connectivity index is 1.22. The Bertz CT molecular complexity index is 1180. The number of nitrogens with one attached hydrogen (secondary N) is 1. The van der Waals surface area contributed by atoms with E-state index in [1.165, 1.54) is 12.1 Å². The Kier molecular flexibility index (Phi) is 4.78. The number of aromatic nitrogens is 3. The molecule has 1 N–H and O–H groups in total. The van der Waals surface area contributed by atoms with Crippen LogP contribution in [0.2, 0.25) is 0 Å². The van der Waals surface area contributed by atoms with Crippen LogP contribution in [0, 0.1) is 5.82 Å². The highest BCUT2D eigenvalue weighted by Crippen LogP contribution is 2.29. The van der Waals surface area contributed by atoms with Crippen molar-refractivity contribution >= 4 is 16.8 Å². The van der Waals surface area contributed by atoms with Gasteiger partial charge in [-0.3, -0.25) is 4.79 Å². The van der Waals surface area contributed by atoms with E-state index in [0.717, 1.165) is 34.9 Å². The van der Waals surface area contributed by atoms with Gasteiger partial charge in [-0.25, -0.2) is 4.39 Å². The van der Waals surface area contributed by atoms with Crippen molar-refractivity contribution in [3.8, 4) is 11.4 Å². The van der Waals surface area contributed by atoms with Crippen molar-refractivity contribution in [3.05, 3.63) is 72.0 Å². The minimum atomic E-state index is -0.300. The summed E-state index contributed by atoms with van der Waals surface area (Å²) in [4.78, 5) is 22.3. The van der Waals surface area contributed by atoms with E-state index in [1.54, 1.807) is 12.3 Å². The summed E-state index contributed by atoms with van der Waals surface area (Å²) in [5.74, 6) is 1.13. The molecule has 3 heterocycles. The second kappa shape index (κ2) is 7.74. The summed E-state index contributed by atoms with van der Waals surface area (Å²) in [5, 5.41) is 4.86. The van der Waals surface area contributed by atoms with Crippen LogP contribution < -0.4 is 0 Å². The van der Waals surface area contributed by atoms with E-state index in [1.807, 2.05) is 35.2 Å². The van der Waals surface area contributed by atoms with Crippen molar-refractivity contribution in [2.24, 2.45) is 0 Å². The monoisotopic (exact) mass is 404 g/mol. The van der Waals surface area contributed by atoms with E-state index in [2.05, 4.69) is 15.1 Å². The molecule has 0 unspecified atom stereocenters. The topological polar surface area (TPSA) is 75.0 Å². The first kappa shape index (κ1) is 18.5. The Morgan fingerprint density at radius 1 is 1.17 bits per heavy atom. The van der Waals surface area contributed by atoms with Gasteiger partial charge in [0.2, 0.25) is 17.6 Å². The Morgan fingerprint density at radius 2 is 1.97 bits per heavy atom. The Labute approximate surface area is 172 Å². The molecule has 6 nitrogen and oxygen atoms in total. The van der Waals surface area contributed by atoms with Gasteiger partial charge in [-0.1, -0.05) is 35.5 Å². The third-order valence-electron chi connectivity index (χ3n) is 5.74. The van der Waals surface area contributed by atoms with E-state index in [-0.39, 0.29) is 24.1 Å². The molecule has 2 aromatic carbocycles. The highest BCUT2D eigenvalue weighted by molar-refractivity contribution is 5.89. The smallest absolute Gasteiger partial charge is 0.230 e. The first-order valence-electron chi connectivity index (χ1n) is 10.1. The van der Waals surface area contributed by atoms with E-state index in [9.17, 15) is 9.18 Å². The normalized spacial score (nSPS) is 15.0. The summed E-state index contributed by atoms with van der Waals surface area (Å²) in [6, 6.07) is 14.3. The number of H-pyrrole nitrogens is 1. The summed E-state index contributed by atoms with van der Waals surface area (Å²) >= 11 is 0. The summed E-state index contributed by atoms with van der Waals surface area (Å²) in [5.41, 5.74) is 2.58. The summed E-state index contributed by atoms with van der Waals surface area (Å²) in [7, 11) is 0. The number of carbonyl (C=O) groups excluding carboxylic acids is 1. The van der Waals surface area contributed by atoms with Crippen LogP contribution in [0.4, 0.5) is 4.39 Å². The number of nitrogens with zero attached hydrogens (tertiary/aromatic N) is 3. The number of hydrogen-bond donors (Lipinski definition) is 1. The molecule has 2 aromatic heterocycles. The highest BCUT2D eigenvalue weighted by atomic mass is 19.1. The van der Waals surface area contributed by atoms with Gasteiger partial charge in [0.1, 0.15) is 5.82 Å². The molecule has 0 atom stereocenters. The lowest BCUT2D eigenvalue weighted by Crippen LogP contribution is -2.38. The fourth-order valence-corrected chi connectivity index (χ4v) is 4.05. The van der Waals surface area contributed by atoms with Gasteiger partial charge in [0, 0.05) is 41.7 Å². The number of piperidine rings is 1. The van der Waals surface area contributed by atoms with E-state index >= 15 is 0 Å².